The molecule has 1 aromatic heterocycles. The highest BCUT2D eigenvalue weighted by atomic mass is 19.4. The third kappa shape index (κ3) is 2.11. The van der Waals surface area contributed by atoms with Gasteiger partial charge in [0.15, 0.2) is 0 Å². The summed E-state index contributed by atoms with van der Waals surface area (Å²) in [7, 11) is 0. The summed E-state index contributed by atoms with van der Waals surface area (Å²) >= 11 is 0. The molecule has 0 bridgehead atoms. The summed E-state index contributed by atoms with van der Waals surface area (Å²) in [6, 6.07) is -0.622. The fourth-order valence-electron chi connectivity index (χ4n) is 1.16. The summed E-state index contributed by atoms with van der Waals surface area (Å²) in [4.78, 5) is 24.3. The minimum atomic E-state index is -4.75. The third-order valence-electron chi connectivity index (χ3n) is 1.83. The van der Waals surface area contributed by atoms with Crippen molar-refractivity contribution in [2.45, 2.75) is 26.1 Å². The molecule has 0 aliphatic rings. The van der Waals surface area contributed by atoms with E-state index in [1.54, 1.807) is 0 Å². The summed E-state index contributed by atoms with van der Waals surface area (Å²) in [5.74, 6) is 0. The van der Waals surface area contributed by atoms with E-state index in [2.05, 4.69) is 0 Å². The second-order valence-electron chi connectivity index (χ2n) is 3.27. The number of hydrogen-bond donors (Lipinski definition) is 1. The van der Waals surface area contributed by atoms with Crippen LogP contribution in [0.5, 0.6) is 0 Å². The van der Waals surface area contributed by atoms with Crippen LogP contribution in [-0.2, 0) is 6.18 Å². The lowest BCUT2D eigenvalue weighted by molar-refractivity contribution is -0.139. The van der Waals surface area contributed by atoms with Crippen LogP contribution in [0.1, 0.15) is 25.5 Å². The molecule has 0 radical (unpaired) electrons. The van der Waals surface area contributed by atoms with E-state index >= 15 is 0 Å². The fourth-order valence-corrected chi connectivity index (χ4v) is 1.16. The Hall–Kier alpha value is -1.53. The van der Waals surface area contributed by atoms with Crippen LogP contribution in [0.4, 0.5) is 13.2 Å². The largest absolute Gasteiger partial charge is 0.423 e. The van der Waals surface area contributed by atoms with Gasteiger partial charge >= 0.3 is 11.9 Å². The molecule has 1 aromatic rings. The Morgan fingerprint density at radius 1 is 1.33 bits per heavy atom. The first-order valence-corrected chi connectivity index (χ1v) is 4.16. The first-order valence-electron chi connectivity index (χ1n) is 4.16. The van der Waals surface area contributed by atoms with Crippen LogP contribution in [0, 0.1) is 0 Å². The number of aromatic nitrogens is 2. The molecular weight excluding hydrogens is 213 g/mol. The van der Waals surface area contributed by atoms with Crippen molar-refractivity contribution in [2.75, 3.05) is 0 Å². The standard InChI is InChI=1S/C8H9F3N2O2/c1-4(2)13-6(14)5(8(9,10)11)3-12-7(13)15/h3-4H,1-2H3,(H,12,15). The van der Waals surface area contributed by atoms with Crippen LogP contribution in [0.25, 0.3) is 0 Å². The van der Waals surface area contributed by atoms with Gasteiger partial charge in [0, 0.05) is 12.2 Å². The molecule has 0 unspecified atom stereocenters. The van der Waals surface area contributed by atoms with Gasteiger partial charge in [0.25, 0.3) is 5.56 Å². The summed E-state index contributed by atoms with van der Waals surface area (Å²) in [6.07, 6.45) is -4.36. The number of nitrogens with zero attached hydrogens (tertiary/aromatic N) is 1. The molecule has 0 atom stereocenters. The molecule has 84 valence electrons. The molecule has 4 nitrogen and oxygen atoms in total. The lowest BCUT2D eigenvalue weighted by Crippen LogP contribution is -2.40. The highest BCUT2D eigenvalue weighted by Crippen LogP contribution is 2.25. The molecular formula is C8H9F3N2O2. The van der Waals surface area contributed by atoms with Gasteiger partial charge in [0.05, 0.1) is 0 Å². The minimum Gasteiger partial charge on any atom is -0.313 e. The molecule has 0 aromatic carbocycles. The highest BCUT2D eigenvalue weighted by Gasteiger charge is 2.35. The molecule has 0 spiro atoms. The van der Waals surface area contributed by atoms with E-state index in [0.717, 1.165) is 0 Å². The Morgan fingerprint density at radius 2 is 1.87 bits per heavy atom. The van der Waals surface area contributed by atoms with Crippen molar-refractivity contribution < 1.29 is 13.2 Å². The average Bonchev–Trinajstić information content (AvgIpc) is 2.00. The molecule has 0 saturated heterocycles. The second kappa shape index (κ2) is 3.56. The summed E-state index contributed by atoms with van der Waals surface area (Å²) in [5.41, 5.74) is -3.53. The molecule has 1 heterocycles. The van der Waals surface area contributed by atoms with Crippen molar-refractivity contribution in [3.8, 4) is 0 Å². The SMILES string of the molecule is CC(C)n1c(=O)[nH]cc(C(F)(F)F)c1=O. The van der Waals surface area contributed by atoms with Crippen molar-refractivity contribution in [2.24, 2.45) is 0 Å². The maximum absolute atomic E-state index is 12.3. The monoisotopic (exact) mass is 222 g/mol. The fraction of sp³-hybridized carbons (Fsp3) is 0.500. The van der Waals surface area contributed by atoms with Crippen molar-refractivity contribution in [1.82, 2.24) is 9.55 Å². The number of halogens is 3. The zero-order valence-corrected chi connectivity index (χ0v) is 8.05. The first kappa shape index (κ1) is 11.5. The van der Waals surface area contributed by atoms with E-state index < -0.39 is 29.0 Å². The first-order chi connectivity index (χ1) is 6.75. The second-order valence-corrected chi connectivity index (χ2v) is 3.27. The topological polar surface area (TPSA) is 54.9 Å². The highest BCUT2D eigenvalue weighted by molar-refractivity contribution is 5.09. The van der Waals surface area contributed by atoms with Crippen LogP contribution in [-0.4, -0.2) is 9.55 Å². The van der Waals surface area contributed by atoms with Crippen molar-refractivity contribution in [3.63, 3.8) is 0 Å². The Bertz CT molecular complexity index is 470. The quantitative estimate of drug-likeness (QED) is 0.774. The number of rotatable bonds is 1. The van der Waals surface area contributed by atoms with Gasteiger partial charge in [-0.25, -0.2) is 4.79 Å². The Balaban J connectivity index is 3.57. The molecule has 0 fully saturated rings. The maximum atomic E-state index is 12.3. The van der Waals surface area contributed by atoms with E-state index in [0.29, 0.717) is 10.8 Å². The van der Waals surface area contributed by atoms with Gasteiger partial charge in [0.2, 0.25) is 0 Å². The minimum absolute atomic E-state index is 0.392. The predicted octanol–water partition coefficient (Wildman–Crippen LogP) is 1.14. The summed E-state index contributed by atoms with van der Waals surface area (Å²) in [6.45, 7) is 2.91. The Kier molecular flexibility index (Phi) is 2.74. The molecule has 7 heteroatoms. The number of aromatic amines is 1. The van der Waals surface area contributed by atoms with Gasteiger partial charge in [-0.05, 0) is 13.8 Å². The van der Waals surface area contributed by atoms with E-state index in [1.165, 1.54) is 13.8 Å². The van der Waals surface area contributed by atoms with Gasteiger partial charge in [-0.1, -0.05) is 0 Å². The van der Waals surface area contributed by atoms with Gasteiger partial charge in [-0.15, -0.1) is 0 Å². The van der Waals surface area contributed by atoms with E-state index in [1.807, 2.05) is 4.98 Å². The maximum Gasteiger partial charge on any atom is 0.423 e. The third-order valence-corrected chi connectivity index (χ3v) is 1.83. The lowest BCUT2D eigenvalue weighted by atomic mass is 10.3. The molecule has 15 heavy (non-hydrogen) atoms. The zero-order valence-electron chi connectivity index (χ0n) is 8.05. The molecule has 1 rings (SSSR count). The Morgan fingerprint density at radius 3 is 2.27 bits per heavy atom. The van der Waals surface area contributed by atoms with E-state index in [-0.39, 0.29) is 0 Å². The number of H-pyrrole nitrogens is 1. The molecule has 0 aliphatic heterocycles. The van der Waals surface area contributed by atoms with Crippen LogP contribution in [0.2, 0.25) is 0 Å². The molecule has 0 aliphatic carbocycles. The van der Waals surface area contributed by atoms with Gasteiger partial charge in [-0.2, -0.15) is 13.2 Å². The van der Waals surface area contributed by atoms with Gasteiger partial charge < -0.3 is 4.98 Å². The van der Waals surface area contributed by atoms with Crippen LogP contribution >= 0.6 is 0 Å². The molecule has 1 N–H and O–H groups in total. The zero-order chi connectivity index (χ0) is 11.8. The average molecular weight is 222 g/mol. The molecule has 0 saturated carbocycles. The van der Waals surface area contributed by atoms with Crippen LogP contribution in [0.3, 0.4) is 0 Å². The van der Waals surface area contributed by atoms with Crippen molar-refractivity contribution in [1.29, 1.82) is 0 Å². The van der Waals surface area contributed by atoms with Crippen molar-refractivity contribution in [3.05, 3.63) is 32.6 Å². The summed E-state index contributed by atoms with van der Waals surface area (Å²) < 4.78 is 37.4. The van der Waals surface area contributed by atoms with E-state index in [9.17, 15) is 22.8 Å². The number of hydrogen-bond acceptors (Lipinski definition) is 2. The molecule has 0 amide bonds. The normalized spacial score (nSPS) is 12.1. The van der Waals surface area contributed by atoms with Gasteiger partial charge in [0.1, 0.15) is 5.56 Å². The van der Waals surface area contributed by atoms with Crippen LogP contribution in [0.15, 0.2) is 15.8 Å². The van der Waals surface area contributed by atoms with E-state index in [4.69, 9.17) is 0 Å². The summed E-state index contributed by atoms with van der Waals surface area (Å²) in [5, 5.41) is 0. The van der Waals surface area contributed by atoms with Crippen LogP contribution < -0.4 is 11.2 Å². The predicted molar refractivity (Wildman–Crippen MR) is 46.7 cm³/mol. The lowest BCUT2D eigenvalue weighted by Gasteiger charge is -2.11. The smallest absolute Gasteiger partial charge is 0.313 e. The number of alkyl halides is 3. The Labute approximate surface area is 82.4 Å². The van der Waals surface area contributed by atoms with Crippen molar-refractivity contribution >= 4 is 0 Å². The van der Waals surface area contributed by atoms with Gasteiger partial charge in [-0.3, -0.25) is 9.36 Å². The number of nitrogens with one attached hydrogen (secondary N) is 1.